The number of carbonyl (C=O) groups excluding carboxylic acids is 1. The number of benzene rings is 1. The molecule has 0 radical (unpaired) electrons. The maximum atomic E-state index is 12.1. The Bertz CT molecular complexity index is 582. The Morgan fingerprint density at radius 2 is 1.96 bits per heavy atom. The Morgan fingerprint density at radius 3 is 2.61 bits per heavy atom. The van der Waals surface area contributed by atoms with Gasteiger partial charge in [0.25, 0.3) is 0 Å². The molecule has 0 fully saturated rings. The van der Waals surface area contributed by atoms with Gasteiger partial charge in [-0.1, -0.05) is 25.1 Å². The van der Waals surface area contributed by atoms with Gasteiger partial charge in [-0.05, 0) is 31.2 Å². The first-order chi connectivity index (χ1) is 11.1. The molecule has 0 aliphatic carbocycles. The lowest BCUT2D eigenvalue weighted by molar-refractivity contribution is -0.126. The number of furan rings is 1. The monoisotopic (exact) mass is 317 g/mol. The third-order valence-electron chi connectivity index (χ3n) is 3.53. The van der Waals surface area contributed by atoms with Gasteiger partial charge in [-0.15, -0.1) is 0 Å². The summed E-state index contributed by atoms with van der Waals surface area (Å²) in [5.74, 6) is 0.874. The van der Waals surface area contributed by atoms with E-state index in [1.165, 1.54) is 6.26 Å². The van der Waals surface area contributed by atoms with Crippen molar-refractivity contribution in [3.63, 3.8) is 0 Å². The van der Waals surface area contributed by atoms with Crippen LogP contribution in [0.1, 0.15) is 32.1 Å². The standard InChI is InChI=1S/C18H23NO4/c1-13(12-23-15-7-4-3-5-8-15)18(21)19-14(2)11-16(20)17-9-6-10-22-17/h3-10,13-14,16,20H,11-12H2,1-2H3,(H,19,21). The van der Waals surface area contributed by atoms with Crippen LogP contribution in [0.3, 0.4) is 0 Å². The molecule has 5 heteroatoms. The molecule has 1 heterocycles. The number of aliphatic hydroxyl groups excluding tert-OH is 1. The molecule has 23 heavy (non-hydrogen) atoms. The van der Waals surface area contributed by atoms with E-state index in [0.717, 1.165) is 5.75 Å². The van der Waals surface area contributed by atoms with E-state index in [2.05, 4.69) is 5.32 Å². The maximum Gasteiger partial charge on any atom is 0.226 e. The second-order valence-electron chi connectivity index (χ2n) is 5.70. The van der Waals surface area contributed by atoms with Crippen LogP contribution in [0.15, 0.2) is 53.1 Å². The fourth-order valence-corrected chi connectivity index (χ4v) is 2.19. The van der Waals surface area contributed by atoms with Crippen LogP contribution in [0.4, 0.5) is 0 Å². The summed E-state index contributed by atoms with van der Waals surface area (Å²) >= 11 is 0. The van der Waals surface area contributed by atoms with Crippen LogP contribution in [0.25, 0.3) is 0 Å². The molecule has 1 aromatic carbocycles. The minimum atomic E-state index is -0.726. The molecule has 124 valence electrons. The average molecular weight is 317 g/mol. The largest absolute Gasteiger partial charge is 0.493 e. The SMILES string of the molecule is CC(CC(O)c1ccco1)NC(=O)C(C)COc1ccccc1. The van der Waals surface area contributed by atoms with E-state index in [0.29, 0.717) is 18.8 Å². The summed E-state index contributed by atoms with van der Waals surface area (Å²) in [4.78, 5) is 12.1. The molecule has 0 aliphatic heterocycles. The van der Waals surface area contributed by atoms with Crippen molar-refractivity contribution in [2.45, 2.75) is 32.4 Å². The topological polar surface area (TPSA) is 71.7 Å². The van der Waals surface area contributed by atoms with Gasteiger partial charge >= 0.3 is 0 Å². The van der Waals surface area contributed by atoms with Gasteiger partial charge in [-0.3, -0.25) is 4.79 Å². The first kappa shape index (κ1) is 17.1. The van der Waals surface area contributed by atoms with Crippen LogP contribution in [-0.4, -0.2) is 23.7 Å². The predicted octanol–water partition coefficient (Wildman–Crippen LogP) is 2.92. The summed E-state index contributed by atoms with van der Waals surface area (Å²) in [6.07, 6.45) is 1.19. The lowest BCUT2D eigenvalue weighted by Crippen LogP contribution is -2.39. The number of carbonyl (C=O) groups is 1. The van der Waals surface area contributed by atoms with Crippen molar-refractivity contribution in [2.75, 3.05) is 6.61 Å². The van der Waals surface area contributed by atoms with Crippen LogP contribution in [-0.2, 0) is 4.79 Å². The normalized spacial score (nSPS) is 14.7. The summed E-state index contributed by atoms with van der Waals surface area (Å²) < 4.78 is 10.7. The van der Waals surface area contributed by atoms with E-state index in [1.54, 1.807) is 12.1 Å². The van der Waals surface area contributed by atoms with Crippen molar-refractivity contribution in [2.24, 2.45) is 5.92 Å². The van der Waals surface area contributed by atoms with Gasteiger partial charge in [0.05, 0.1) is 18.8 Å². The van der Waals surface area contributed by atoms with Crippen LogP contribution in [0, 0.1) is 5.92 Å². The third-order valence-corrected chi connectivity index (χ3v) is 3.53. The lowest BCUT2D eigenvalue weighted by atomic mass is 10.1. The zero-order chi connectivity index (χ0) is 16.7. The van der Waals surface area contributed by atoms with E-state index in [-0.39, 0.29) is 17.9 Å². The van der Waals surface area contributed by atoms with Crippen LogP contribution in [0.2, 0.25) is 0 Å². The number of hydrogen-bond donors (Lipinski definition) is 2. The van der Waals surface area contributed by atoms with E-state index in [9.17, 15) is 9.90 Å². The van der Waals surface area contributed by atoms with Gasteiger partial charge in [-0.2, -0.15) is 0 Å². The highest BCUT2D eigenvalue weighted by atomic mass is 16.5. The number of amides is 1. The molecule has 0 saturated heterocycles. The molecule has 5 nitrogen and oxygen atoms in total. The van der Waals surface area contributed by atoms with Crippen molar-refractivity contribution in [3.05, 3.63) is 54.5 Å². The van der Waals surface area contributed by atoms with Crippen molar-refractivity contribution >= 4 is 5.91 Å². The summed E-state index contributed by atoms with van der Waals surface area (Å²) in [6.45, 7) is 3.98. The molecular formula is C18H23NO4. The minimum Gasteiger partial charge on any atom is -0.493 e. The smallest absolute Gasteiger partial charge is 0.226 e. The number of ether oxygens (including phenoxy) is 1. The second kappa shape index (κ2) is 8.39. The average Bonchev–Trinajstić information content (AvgIpc) is 3.08. The van der Waals surface area contributed by atoms with Gasteiger partial charge in [0, 0.05) is 12.5 Å². The maximum absolute atomic E-state index is 12.1. The summed E-state index contributed by atoms with van der Waals surface area (Å²) in [5.41, 5.74) is 0. The molecule has 1 amide bonds. The van der Waals surface area contributed by atoms with Gasteiger partial charge < -0.3 is 19.6 Å². The van der Waals surface area contributed by atoms with Crippen molar-refractivity contribution < 1.29 is 19.1 Å². The highest BCUT2D eigenvalue weighted by Crippen LogP contribution is 2.18. The van der Waals surface area contributed by atoms with Crippen LogP contribution < -0.4 is 10.1 Å². The zero-order valence-electron chi connectivity index (χ0n) is 13.4. The highest BCUT2D eigenvalue weighted by molar-refractivity contribution is 5.78. The molecule has 0 saturated carbocycles. The van der Waals surface area contributed by atoms with Gasteiger partial charge in [0.1, 0.15) is 17.6 Å². The molecule has 2 rings (SSSR count). The summed E-state index contributed by atoms with van der Waals surface area (Å²) in [6, 6.07) is 12.7. The molecule has 3 atom stereocenters. The summed E-state index contributed by atoms with van der Waals surface area (Å²) in [7, 11) is 0. The fourth-order valence-electron chi connectivity index (χ4n) is 2.19. The summed E-state index contributed by atoms with van der Waals surface area (Å²) in [5, 5.41) is 12.9. The zero-order valence-corrected chi connectivity index (χ0v) is 13.4. The fraction of sp³-hybridized carbons (Fsp3) is 0.389. The Morgan fingerprint density at radius 1 is 1.22 bits per heavy atom. The Labute approximate surface area is 136 Å². The number of hydrogen-bond acceptors (Lipinski definition) is 4. The van der Waals surface area contributed by atoms with E-state index in [4.69, 9.17) is 9.15 Å². The Balaban J connectivity index is 1.74. The van der Waals surface area contributed by atoms with E-state index >= 15 is 0 Å². The quantitative estimate of drug-likeness (QED) is 0.785. The van der Waals surface area contributed by atoms with E-state index < -0.39 is 6.10 Å². The predicted molar refractivity (Wildman–Crippen MR) is 87.0 cm³/mol. The molecular weight excluding hydrogens is 294 g/mol. The van der Waals surface area contributed by atoms with Crippen molar-refractivity contribution in [3.8, 4) is 5.75 Å². The molecule has 0 aliphatic rings. The molecule has 0 bridgehead atoms. The molecule has 2 aromatic rings. The number of nitrogens with one attached hydrogen (secondary N) is 1. The van der Waals surface area contributed by atoms with E-state index in [1.807, 2.05) is 44.2 Å². The third kappa shape index (κ3) is 5.45. The number of para-hydroxylation sites is 1. The highest BCUT2D eigenvalue weighted by Gasteiger charge is 2.19. The Kier molecular flexibility index (Phi) is 6.23. The molecule has 2 N–H and O–H groups in total. The molecule has 3 unspecified atom stereocenters. The van der Waals surface area contributed by atoms with Crippen LogP contribution >= 0.6 is 0 Å². The van der Waals surface area contributed by atoms with Crippen molar-refractivity contribution in [1.82, 2.24) is 5.32 Å². The van der Waals surface area contributed by atoms with Crippen molar-refractivity contribution in [1.29, 1.82) is 0 Å². The minimum absolute atomic E-state index is 0.0972. The van der Waals surface area contributed by atoms with Gasteiger partial charge in [0.2, 0.25) is 5.91 Å². The van der Waals surface area contributed by atoms with Gasteiger partial charge in [0.15, 0.2) is 0 Å². The second-order valence-corrected chi connectivity index (χ2v) is 5.70. The number of rotatable bonds is 8. The van der Waals surface area contributed by atoms with Crippen LogP contribution in [0.5, 0.6) is 5.75 Å². The lowest BCUT2D eigenvalue weighted by Gasteiger charge is -2.19. The first-order valence-corrected chi connectivity index (χ1v) is 7.76. The molecule has 0 spiro atoms. The number of aliphatic hydroxyl groups is 1. The molecule has 1 aromatic heterocycles. The Hall–Kier alpha value is -2.27. The van der Waals surface area contributed by atoms with Gasteiger partial charge in [-0.25, -0.2) is 0 Å². The first-order valence-electron chi connectivity index (χ1n) is 7.76.